The minimum absolute atomic E-state index is 0.333. The van der Waals surface area contributed by atoms with E-state index in [1.807, 2.05) is 6.20 Å². The van der Waals surface area contributed by atoms with Crippen molar-refractivity contribution in [2.24, 2.45) is 0 Å². The predicted molar refractivity (Wildman–Crippen MR) is 65.4 cm³/mol. The van der Waals surface area contributed by atoms with Crippen LogP contribution in [0.5, 0.6) is 0 Å². The molecule has 0 radical (unpaired) electrons. The molecule has 1 aromatic heterocycles. The highest BCUT2D eigenvalue weighted by atomic mass is 15.1. The van der Waals surface area contributed by atoms with Crippen LogP contribution in [0.2, 0.25) is 0 Å². The lowest BCUT2D eigenvalue weighted by atomic mass is 10.0. The summed E-state index contributed by atoms with van der Waals surface area (Å²) >= 11 is 0. The molecule has 1 aliphatic heterocycles. The summed E-state index contributed by atoms with van der Waals surface area (Å²) < 4.78 is 0. The van der Waals surface area contributed by atoms with Gasteiger partial charge in [0.2, 0.25) is 0 Å². The molecule has 0 bridgehead atoms. The third kappa shape index (κ3) is 1.68. The molecule has 1 atom stereocenters. The van der Waals surface area contributed by atoms with E-state index in [-0.39, 0.29) is 0 Å². The second kappa shape index (κ2) is 4.20. The number of fused-ring (bicyclic) bond motifs is 1. The number of pyridine rings is 1. The van der Waals surface area contributed by atoms with E-state index in [9.17, 15) is 0 Å². The molecular weight excluding hydrogens is 198 g/mol. The van der Waals surface area contributed by atoms with Crippen LogP contribution in [-0.4, -0.2) is 24.6 Å². The normalized spacial score (nSPS) is 21.1. The van der Waals surface area contributed by atoms with Gasteiger partial charge in [-0.15, -0.1) is 0 Å². The second-order valence-corrected chi connectivity index (χ2v) is 4.13. The molecule has 1 unspecified atom stereocenters. The highest BCUT2D eigenvalue weighted by Gasteiger charge is 2.17. The molecule has 3 heteroatoms. The van der Waals surface area contributed by atoms with Crippen molar-refractivity contribution in [3.8, 4) is 0 Å². The predicted octanol–water partition coefficient (Wildman–Crippen LogP) is 1.47. The van der Waals surface area contributed by atoms with Crippen LogP contribution in [0.3, 0.4) is 0 Å². The van der Waals surface area contributed by atoms with Gasteiger partial charge in [0.25, 0.3) is 0 Å². The molecule has 0 aliphatic carbocycles. The first-order valence-corrected chi connectivity index (χ1v) is 5.73. The highest BCUT2D eigenvalue weighted by molar-refractivity contribution is 5.84. The van der Waals surface area contributed by atoms with Crippen LogP contribution in [0.15, 0.2) is 36.5 Å². The summed E-state index contributed by atoms with van der Waals surface area (Å²) in [6.45, 7) is 3.01. The molecule has 3 nitrogen and oxygen atoms in total. The number of nitrogens with zero attached hydrogens (tertiary/aromatic N) is 1. The standard InChI is InChI=1S/C13H15N3/c1-2-4-11-10(3-1)5-6-16-13(11)12-9-14-7-8-15-12/h1-6,12,14-15H,7-9H2. The molecule has 1 aromatic carbocycles. The van der Waals surface area contributed by atoms with Crippen molar-refractivity contribution in [1.29, 1.82) is 0 Å². The van der Waals surface area contributed by atoms with Crippen molar-refractivity contribution < 1.29 is 0 Å². The van der Waals surface area contributed by atoms with Gasteiger partial charge in [-0.1, -0.05) is 24.3 Å². The average Bonchev–Trinajstić information content (AvgIpc) is 2.39. The molecule has 0 amide bonds. The van der Waals surface area contributed by atoms with E-state index in [1.165, 1.54) is 10.8 Å². The molecule has 1 fully saturated rings. The maximum absolute atomic E-state index is 4.53. The molecule has 1 saturated heterocycles. The van der Waals surface area contributed by atoms with Gasteiger partial charge in [0.05, 0.1) is 11.7 Å². The summed E-state index contributed by atoms with van der Waals surface area (Å²) in [5.74, 6) is 0. The van der Waals surface area contributed by atoms with E-state index in [1.54, 1.807) is 0 Å². The van der Waals surface area contributed by atoms with Crippen LogP contribution in [-0.2, 0) is 0 Å². The van der Waals surface area contributed by atoms with Crippen molar-refractivity contribution in [2.45, 2.75) is 6.04 Å². The van der Waals surface area contributed by atoms with E-state index in [0.29, 0.717) is 6.04 Å². The van der Waals surface area contributed by atoms with Gasteiger partial charge in [-0.05, 0) is 11.5 Å². The van der Waals surface area contributed by atoms with Crippen LogP contribution in [0.4, 0.5) is 0 Å². The van der Waals surface area contributed by atoms with E-state index in [4.69, 9.17) is 0 Å². The molecule has 1 aliphatic rings. The number of piperazine rings is 1. The lowest BCUT2D eigenvalue weighted by Gasteiger charge is -2.24. The fourth-order valence-electron chi connectivity index (χ4n) is 2.27. The summed E-state index contributed by atoms with van der Waals surface area (Å²) in [6, 6.07) is 10.8. The summed E-state index contributed by atoms with van der Waals surface area (Å²) in [7, 11) is 0. The number of aromatic nitrogens is 1. The third-order valence-corrected chi connectivity index (χ3v) is 3.08. The van der Waals surface area contributed by atoms with E-state index in [2.05, 4.69) is 45.9 Å². The Hall–Kier alpha value is -1.45. The molecule has 0 spiro atoms. The third-order valence-electron chi connectivity index (χ3n) is 3.08. The number of hydrogen-bond donors (Lipinski definition) is 2. The summed E-state index contributed by atoms with van der Waals surface area (Å²) in [5.41, 5.74) is 1.16. The van der Waals surface area contributed by atoms with Crippen molar-refractivity contribution in [1.82, 2.24) is 15.6 Å². The van der Waals surface area contributed by atoms with E-state index < -0.39 is 0 Å². The van der Waals surface area contributed by atoms with Gasteiger partial charge in [0.1, 0.15) is 0 Å². The Labute approximate surface area is 94.9 Å². The molecule has 2 aromatic rings. The average molecular weight is 213 g/mol. The monoisotopic (exact) mass is 213 g/mol. The zero-order chi connectivity index (χ0) is 10.8. The van der Waals surface area contributed by atoms with Gasteiger partial charge >= 0.3 is 0 Å². The van der Waals surface area contributed by atoms with Crippen molar-refractivity contribution >= 4 is 10.8 Å². The summed E-state index contributed by atoms with van der Waals surface area (Å²) in [6.07, 6.45) is 1.90. The van der Waals surface area contributed by atoms with Gasteiger partial charge in [0, 0.05) is 31.2 Å². The first-order valence-electron chi connectivity index (χ1n) is 5.73. The van der Waals surface area contributed by atoms with Crippen LogP contribution in [0.25, 0.3) is 10.8 Å². The van der Waals surface area contributed by atoms with Crippen molar-refractivity contribution in [3.05, 3.63) is 42.2 Å². The topological polar surface area (TPSA) is 37.0 Å². The molecular formula is C13H15N3. The SMILES string of the molecule is c1ccc2c(C3CNCCN3)nccc2c1. The van der Waals surface area contributed by atoms with Crippen LogP contribution < -0.4 is 10.6 Å². The molecule has 3 rings (SSSR count). The van der Waals surface area contributed by atoms with Crippen molar-refractivity contribution in [2.75, 3.05) is 19.6 Å². The molecule has 2 N–H and O–H groups in total. The van der Waals surface area contributed by atoms with Gasteiger partial charge < -0.3 is 10.6 Å². The lowest BCUT2D eigenvalue weighted by molar-refractivity contribution is 0.425. The van der Waals surface area contributed by atoms with E-state index >= 15 is 0 Å². The van der Waals surface area contributed by atoms with Gasteiger partial charge in [-0.2, -0.15) is 0 Å². The second-order valence-electron chi connectivity index (χ2n) is 4.13. The van der Waals surface area contributed by atoms with Gasteiger partial charge in [-0.3, -0.25) is 4.98 Å². The minimum Gasteiger partial charge on any atom is -0.314 e. The minimum atomic E-state index is 0.333. The molecule has 2 heterocycles. The summed E-state index contributed by atoms with van der Waals surface area (Å²) in [5, 5.41) is 9.42. The maximum atomic E-state index is 4.53. The zero-order valence-electron chi connectivity index (χ0n) is 9.11. The van der Waals surface area contributed by atoms with Gasteiger partial charge in [0.15, 0.2) is 0 Å². The largest absolute Gasteiger partial charge is 0.314 e. The first-order chi connectivity index (χ1) is 7.95. The molecule has 82 valence electrons. The van der Waals surface area contributed by atoms with Crippen LogP contribution >= 0.6 is 0 Å². The van der Waals surface area contributed by atoms with Crippen LogP contribution in [0, 0.1) is 0 Å². The van der Waals surface area contributed by atoms with Crippen LogP contribution in [0.1, 0.15) is 11.7 Å². The Morgan fingerprint density at radius 2 is 2.06 bits per heavy atom. The molecule has 16 heavy (non-hydrogen) atoms. The smallest absolute Gasteiger partial charge is 0.0664 e. The maximum Gasteiger partial charge on any atom is 0.0664 e. The summed E-state index contributed by atoms with van der Waals surface area (Å²) in [4.78, 5) is 4.53. The Morgan fingerprint density at radius 1 is 1.12 bits per heavy atom. The number of rotatable bonds is 1. The Morgan fingerprint density at radius 3 is 2.94 bits per heavy atom. The first kappa shape index (κ1) is 9.75. The number of nitrogens with one attached hydrogen (secondary N) is 2. The Kier molecular flexibility index (Phi) is 2.56. The van der Waals surface area contributed by atoms with Gasteiger partial charge in [-0.25, -0.2) is 0 Å². The fraction of sp³-hybridized carbons (Fsp3) is 0.308. The number of benzene rings is 1. The molecule has 0 saturated carbocycles. The van der Waals surface area contributed by atoms with E-state index in [0.717, 1.165) is 25.3 Å². The highest BCUT2D eigenvalue weighted by Crippen LogP contribution is 2.22. The zero-order valence-corrected chi connectivity index (χ0v) is 9.11. The quantitative estimate of drug-likeness (QED) is 0.753. The number of hydrogen-bond acceptors (Lipinski definition) is 3. The Balaban J connectivity index is 2.08. The van der Waals surface area contributed by atoms with Crippen molar-refractivity contribution in [3.63, 3.8) is 0 Å². The fourth-order valence-corrected chi connectivity index (χ4v) is 2.27. The Bertz CT molecular complexity index is 484. The lowest BCUT2D eigenvalue weighted by Crippen LogP contribution is -2.43.